The summed E-state index contributed by atoms with van der Waals surface area (Å²) in [4.78, 5) is 16.2. The van der Waals surface area contributed by atoms with Crippen LogP contribution in [0.1, 0.15) is 36.2 Å². The molecule has 19 heavy (non-hydrogen) atoms. The number of halogens is 2. The van der Waals surface area contributed by atoms with Crippen LogP contribution in [-0.2, 0) is 0 Å². The van der Waals surface area contributed by atoms with Crippen molar-refractivity contribution in [2.24, 2.45) is 0 Å². The van der Waals surface area contributed by atoms with Gasteiger partial charge < -0.3 is 5.32 Å². The lowest BCUT2D eigenvalue weighted by Crippen LogP contribution is -2.14. The van der Waals surface area contributed by atoms with Crippen LogP contribution in [0.15, 0.2) is 27.1 Å². The SMILES string of the molecule is CC(C)c1nc(C(=O)Nc2c(Br)cccc2Br)n[nH]1. The summed E-state index contributed by atoms with van der Waals surface area (Å²) in [6.45, 7) is 3.96. The van der Waals surface area contributed by atoms with Crippen molar-refractivity contribution in [1.82, 2.24) is 15.2 Å². The van der Waals surface area contributed by atoms with Crippen LogP contribution in [0.25, 0.3) is 0 Å². The van der Waals surface area contributed by atoms with Gasteiger partial charge in [0.25, 0.3) is 5.91 Å². The number of hydrogen-bond acceptors (Lipinski definition) is 3. The van der Waals surface area contributed by atoms with Gasteiger partial charge in [0, 0.05) is 14.9 Å². The summed E-state index contributed by atoms with van der Waals surface area (Å²) in [5.41, 5.74) is 0.656. The maximum absolute atomic E-state index is 12.1. The Morgan fingerprint density at radius 3 is 2.47 bits per heavy atom. The molecule has 2 aromatic rings. The molecule has 1 aromatic carbocycles. The molecule has 0 aliphatic carbocycles. The van der Waals surface area contributed by atoms with E-state index in [1.165, 1.54) is 0 Å². The molecule has 1 heterocycles. The summed E-state index contributed by atoms with van der Waals surface area (Å²) in [6, 6.07) is 5.56. The van der Waals surface area contributed by atoms with Crippen LogP contribution < -0.4 is 5.32 Å². The first-order valence-corrected chi connectivity index (χ1v) is 7.25. The fourth-order valence-corrected chi connectivity index (χ4v) is 2.62. The third-order valence-corrected chi connectivity index (χ3v) is 3.78. The van der Waals surface area contributed by atoms with Crippen molar-refractivity contribution in [3.8, 4) is 0 Å². The number of para-hydroxylation sites is 1. The van der Waals surface area contributed by atoms with Crippen LogP contribution in [0, 0.1) is 0 Å². The smallest absolute Gasteiger partial charge is 0.295 e. The molecule has 2 rings (SSSR count). The number of carbonyl (C=O) groups excluding carboxylic acids is 1. The van der Waals surface area contributed by atoms with Crippen molar-refractivity contribution in [2.75, 3.05) is 5.32 Å². The Morgan fingerprint density at radius 1 is 1.32 bits per heavy atom. The van der Waals surface area contributed by atoms with Gasteiger partial charge in [-0.3, -0.25) is 9.89 Å². The molecule has 5 nitrogen and oxygen atoms in total. The van der Waals surface area contributed by atoms with Crippen molar-refractivity contribution in [1.29, 1.82) is 0 Å². The highest BCUT2D eigenvalue weighted by molar-refractivity contribution is 9.11. The minimum Gasteiger partial charge on any atom is -0.317 e. The van der Waals surface area contributed by atoms with E-state index in [1.807, 2.05) is 32.0 Å². The molecule has 0 spiro atoms. The fraction of sp³-hybridized carbons (Fsp3) is 0.250. The minimum atomic E-state index is -0.351. The summed E-state index contributed by atoms with van der Waals surface area (Å²) in [5.74, 6) is 0.669. The molecule has 1 amide bonds. The van der Waals surface area contributed by atoms with Crippen LogP contribution >= 0.6 is 31.9 Å². The van der Waals surface area contributed by atoms with Crippen molar-refractivity contribution in [3.05, 3.63) is 38.8 Å². The third-order valence-electron chi connectivity index (χ3n) is 2.45. The molecular formula is C12H12Br2N4O. The Morgan fingerprint density at radius 2 is 1.95 bits per heavy atom. The third kappa shape index (κ3) is 3.22. The van der Waals surface area contributed by atoms with E-state index in [4.69, 9.17) is 0 Å². The van der Waals surface area contributed by atoms with E-state index in [2.05, 4.69) is 52.4 Å². The number of aromatic nitrogens is 3. The van der Waals surface area contributed by atoms with E-state index in [-0.39, 0.29) is 17.6 Å². The lowest BCUT2D eigenvalue weighted by molar-refractivity contribution is 0.101. The van der Waals surface area contributed by atoms with E-state index in [1.54, 1.807) is 0 Å². The van der Waals surface area contributed by atoms with Crippen LogP contribution in [0.5, 0.6) is 0 Å². The molecule has 0 unspecified atom stereocenters. The van der Waals surface area contributed by atoms with Crippen molar-refractivity contribution in [3.63, 3.8) is 0 Å². The van der Waals surface area contributed by atoms with Gasteiger partial charge in [0.2, 0.25) is 5.82 Å². The summed E-state index contributed by atoms with van der Waals surface area (Å²) in [7, 11) is 0. The van der Waals surface area contributed by atoms with Crippen LogP contribution in [0.4, 0.5) is 5.69 Å². The van der Waals surface area contributed by atoms with Gasteiger partial charge in [0.1, 0.15) is 5.82 Å². The number of hydrogen-bond donors (Lipinski definition) is 2. The molecule has 0 atom stereocenters. The lowest BCUT2D eigenvalue weighted by Gasteiger charge is -2.07. The van der Waals surface area contributed by atoms with Crippen LogP contribution in [0.2, 0.25) is 0 Å². The first-order chi connectivity index (χ1) is 8.99. The molecule has 0 aliphatic rings. The number of benzene rings is 1. The molecule has 0 fully saturated rings. The maximum Gasteiger partial charge on any atom is 0.295 e. The predicted molar refractivity (Wildman–Crippen MR) is 80.3 cm³/mol. The average molecular weight is 388 g/mol. The number of anilines is 1. The predicted octanol–water partition coefficient (Wildman–Crippen LogP) is 3.71. The van der Waals surface area contributed by atoms with Crippen LogP contribution in [0.3, 0.4) is 0 Å². The molecule has 2 N–H and O–H groups in total. The Labute approximate surface area is 127 Å². The molecular weight excluding hydrogens is 376 g/mol. The van der Waals surface area contributed by atoms with E-state index in [0.717, 1.165) is 8.95 Å². The van der Waals surface area contributed by atoms with E-state index < -0.39 is 0 Å². The first kappa shape index (κ1) is 14.2. The Bertz CT molecular complexity index is 589. The van der Waals surface area contributed by atoms with Crippen LogP contribution in [-0.4, -0.2) is 21.1 Å². The summed E-state index contributed by atoms with van der Waals surface area (Å²) in [5, 5.41) is 9.44. The quantitative estimate of drug-likeness (QED) is 0.843. The molecule has 7 heteroatoms. The first-order valence-electron chi connectivity index (χ1n) is 5.66. The fourth-order valence-electron chi connectivity index (χ4n) is 1.42. The van der Waals surface area contributed by atoms with Gasteiger partial charge in [-0.2, -0.15) is 0 Å². The summed E-state index contributed by atoms with van der Waals surface area (Å²) < 4.78 is 1.57. The zero-order chi connectivity index (χ0) is 14.0. The molecule has 0 saturated heterocycles. The van der Waals surface area contributed by atoms with Gasteiger partial charge in [-0.05, 0) is 44.0 Å². The van der Waals surface area contributed by atoms with E-state index in [0.29, 0.717) is 11.5 Å². The highest BCUT2D eigenvalue weighted by Gasteiger charge is 2.16. The normalized spacial score (nSPS) is 10.8. The molecule has 0 bridgehead atoms. The van der Waals surface area contributed by atoms with Gasteiger partial charge >= 0.3 is 0 Å². The van der Waals surface area contributed by atoms with Crippen molar-refractivity contribution >= 4 is 43.5 Å². The number of carbonyl (C=O) groups is 1. The Hall–Kier alpha value is -1.21. The number of nitrogens with one attached hydrogen (secondary N) is 2. The zero-order valence-electron chi connectivity index (χ0n) is 10.4. The molecule has 100 valence electrons. The molecule has 0 aliphatic heterocycles. The summed E-state index contributed by atoms with van der Waals surface area (Å²) in [6.07, 6.45) is 0. The lowest BCUT2D eigenvalue weighted by atomic mass is 10.2. The topological polar surface area (TPSA) is 70.7 Å². The number of nitrogens with zero attached hydrogens (tertiary/aromatic N) is 2. The monoisotopic (exact) mass is 386 g/mol. The van der Waals surface area contributed by atoms with Gasteiger partial charge in [-0.25, -0.2) is 4.98 Å². The second kappa shape index (κ2) is 5.83. The largest absolute Gasteiger partial charge is 0.317 e. The molecule has 1 aromatic heterocycles. The highest BCUT2D eigenvalue weighted by Crippen LogP contribution is 2.30. The van der Waals surface area contributed by atoms with E-state index in [9.17, 15) is 4.79 Å². The Kier molecular flexibility index (Phi) is 4.36. The number of amides is 1. The standard InChI is InChI=1S/C12H12Br2N4O/c1-6(2)10-16-11(18-17-10)12(19)15-9-7(13)4-3-5-8(9)14/h3-6H,1-2H3,(H,15,19)(H,16,17,18). The number of H-pyrrole nitrogens is 1. The second-order valence-corrected chi connectivity index (χ2v) is 5.96. The van der Waals surface area contributed by atoms with Gasteiger partial charge in [-0.1, -0.05) is 19.9 Å². The molecule has 0 radical (unpaired) electrons. The van der Waals surface area contributed by atoms with E-state index >= 15 is 0 Å². The average Bonchev–Trinajstić information content (AvgIpc) is 2.83. The maximum atomic E-state index is 12.1. The van der Waals surface area contributed by atoms with Crippen molar-refractivity contribution < 1.29 is 4.79 Å². The van der Waals surface area contributed by atoms with Crippen molar-refractivity contribution in [2.45, 2.75) is 19.8 Å². The minimum absolute atomic E-state index is 0.131. The number of aromatic amines is 1. The highest BCUT2D eigenvalue weighted by atomic mass is 79.9. The van der Waals surface area contributed by atoms with Gasteiger partial charge in [-0.15, -0.1) is 5.10 Å². The zero-order valence-corrected chi connectivity index (χ0v) is 13.5. The Balaban J connectivity index is 2.21. The van der Waals surface area contributed by atoms with Gasteiger partial charge in [0.05, 0.1) is 5.69 Å². The summed E-state index contributed by atoms with van der Waals surface area (Å²) >= 11 is 6.77. The number of rotatable bonds is 3. The van der Waals surface area contributed by atoms with Gasteiger partial charge in [0.15, 0.2) is 0 Å². The molecule has 0 saturated carbocycles. The second-order valence-electron chi connectivity index (χ2n) is 4.25.